The fourth-order valence-corrected chi connectivity index (χ4v) is 3.93. The molecule has 1 heterocycles. The van der Waals surface area contributed by atoms with Gasteiger partial charge in [-0.2, -0.15) is 0 Å². The number of aliphatic imine (C=N–C) groups is 1. The molecule has 0 saturated carbocycles. The summed E-state index contributed by atoms with van der Waals surface area (Å²) in [4.78, 5) is 9.53. The summed E-state index contributed by atoms with van der Waals surface area (Å²) in [6, 6.07) is 16.7. The van der Waals surface area contributed by atoms with Crippen molar-refractivity contribution in [1.82, 2.24) is 15.1 Å². The number of rotatable bonds is 11. The molecule has 3 rings (SSSR count). The Morgan fingerprint density at radius 2 is 1.66 bits per heavy atom. The molecular weight excluding hydrogens is 402 g/mol. The molecule has 0 unspecified atom stereocenters. The number of nitrogens with two attached hydrogens (primary N) is 1. The zero-order valence-corrected chi connectivity index (χ0v) is 19.4. The average Bonchev–Trinajstić information content (AvgIpc) is 2.83. The van der Waals surface area contributed by atoms with Gasteiger partial charge in [-0.05, 0) is 36.1 Å². The maximum Gasteiger partial charge on any atom is 0.188 e. The van der Waals surface area contributed by atoms with Gasteiger partial charge in [-0.3, -0.25) is 9.89 Å². The van der Waals surface area contributed by atoms with Gasteiger partial charge >= 0.3 is 0 Å². The number of piperazine rings is 1. The van der Waals surface area contributed by atoms with Crippen molar-refractivity contribution in [3.8, 4) is 11.5 Å². The third kappa shape index (κ3) is 7.73. The number of hydrogen-bond donors (Lipinski definition) is 2. The van der Waals surface area contributed by atoms with Crippen LogP contribution in [0.15, 0.2) is 53.5 Å². The van der Waals surface area contributed by atoms with Crippen molar-refractivity contribution in [2.24, 2.45) is 10.7 Å². The molecule has 7 heteroatoms. The zero-order valence-electron chi connectivity index (χ0n) is 19.4. The maximum absolute atomic E-state index is 6.02. The Morgan fingerprint density at radius 3 is 2.38 bits per heavy atom. The van der Waals surface area contributed by atoms with E-state index in [0.29, 0.717) is 5.96 Å². The summed E-state index contributed by atoms with van der Waals surface area (Å²) in [5.41, 5.74) is 8.58. The van der Waals surface area contributed by atoms with E-state index in [1.807, 2.05) is 18.2 Å². The molecule has 1 aliphatic heterocycles. The predicted octanol–water partition coefficient (Wildman–Crippen LogP) is 2.36. The highest BCUT2D eigenvalue weighted by molar-refractivity contribution is 5.77. The average molecular weight is 440 g/mol. The minimum absolute atomic E-state index is 0.512. The van der Waals surface area contributed by atoms with Crippen LogP contribution >= 0.6 is 0 Å². The lowest BCUT2D eigenvalue weighted by atomic mass is 10.1. The summed E-state index contributed by atoms with van der Waals surface area (Å²) in [6.07, 6.45) is 1.86. The molecule has 0 radical (unpaired) electrons. The second-order valence-corrected chi connectivity index (χ2v) is 8.09. The largest absolute Gasteiger partial charge is 0.493 e. The van der Waals surface area contributed by atoms with Gasteiger partial charge in [0.05, 0.1) is 14.2 Å². The molecule has 0 aliphatic carbocycles. The molecule has 7 nitrogen and oxygen atoms in total. The maximum atomic E-state index is 6.02. The minimum atomic E-state index is 0.512. The summed E-state index contributed by atoms with van der Waals surface area (Å²) < 4.78 is 10.6. The molecular formula is C25H37N5O2. The Balaban J connectivity index is 1.28. The standard InChI is InChI=1S/C25H37N5O2/c1-31-23-10-9-21(19-24(23)32-2)11-13-28-25(26)27-12-6-14-29-15-17-30(18-16-29)20-22-7-4-3-5-8-22/h3-5,7-10,19H,6,11-18,20H2,1-2H3,(H3,26,27,28). The molecule has 1 fully saturated rings. The van der Waals surface area contributed by atoms with Gasteiger partial charge in [0.25, 0.3) is 0 Å². The first-order chi connectivity index (χ1) is 15.7. The number of guanidine groups is 1. The monoisotopic (exact) mass is 439 g/mol. The highest BCUT2D eigenvalue weighted by Crippen LogP contribution is 2.27. The fourth-order valence-electron chi connectivity index (χ4n) is 3.93. The van der Waals surface area contributed by atoms with Gasteiger partial charge < -0.3 is 25.4 Å². The van der Waals surface area contributed by atoms with Crippen LogP contribution in [0, 0.1) is 0 Å². The van der Waals surface area contributed by atoms with Crippen molar-refractivity contribution in [2.75, 3.05) is 60.0 Å². The van der Waals surface area contributed by atoms with Gasteiger partial charge in [-0.1, -0.05) is 36.4 Å². The van der Waals surface area contributed by atoms with E-state index in [0.717, 1.165) is 82.3 Å². The smallest absolute Gasteiger partial charge is 0.188 e. The van der Waals surface area contributed by atoms with Crippen LogP contribution in [-0.2, 0) is 13.0 Å². The SMILES string of the molecule is COc1ccc(CCNC(N)=NCCCN2CCN(Cc3ccccc3)CC2)cc1OC. The van der Waals surface area contributed by atoms with Crippen LogP contribution in [0.2, 0.25) is 0 Å². The highest BCUT2D eigenvalue weighted by atomic mass is 16.5. The Bertz CT molecular complexity index is 835. The third-order valence-electron chi connectivity index (χ3n) is 5.80. The first kappa shape index (κ1) is 23.9. The van der Waals surface area contributed by atoms with Crippen molar-refractivity contribution in [1.29, 1.82) is 0 Å². The molecule has 0 amide bonds. The van der Waals surface area contributed by atoms with Crippen LogP contribution in [-0.4, -0.2) is 75.8 Å². The van der Waals surface area contributed by atoms with E-state index >= 15 is 0 Å². The van der Waals surface area contributed by atoms with Crippen LogP contribution in [0.4, 0.5) is 0 Å². The molecule has 2 aromatic rings. The lowest BCUT2D eigenvalue weighted by Gasteiger charge is -2.34. The molecule has 3 N–H and O–H groups in total. The lowest BCUT2D eigenvalue weighted by molar-refractivity contribution is 0.127. The number of ether oxygens (including phenoxy) is 2. The summed E-state index contributed by atoms with van der Waals surface area (Å²) in [7, 11) is 3.29. The van der Waals surface area contributed by atoms with Crippen LogP contribution in [0.25, 0.3) is 0 Å². The highest BCUT2D eigenvalue weighted by Gasteiger charge is 2.16. The normalized spacial score (nSPS) is 15.5. The molecule has 1 aliphatic rings. The minimum Gasteiger partial charge on any atom is -0.493 e. The summed E-state index contributed by atoms with van der Waals surface area (Å²) in [5.74, 6) is 1.99. The Labute approximate surface area is 192 Å². The number of hydrogen-bond acceptors (Lipinski definition) is 5. The van der Waals surface area contributed by atoms with Gasteiger partial charge in [0.15, 0.2) is 17.5 Å². The van der Waals surface area contributed by atoms with Gasteiger partial charge in [0.2, 0.25) is 0 Å². The Kier molecular flexibility index (Phi) is 9.65. The number of methoxy groups -OCH3 is 2. The van der Waals surface area contributed by atoms with E-state index < -0.39 is 0 Å². The van der Waals surface area contributed by atoms with Crippen molar-refractivity contribution < 1.29 is 9.47 Å². The first-order valence-corrected chi connectivity index (χ1v) is 11.4. The zero-order chi connectivity index (χ0) is 22.6. The molecule has 0 aromatic heterocycles. The van der Waals surface area contributed by atoms with Crippen molar-refractivity contribution in [2.45, 2.75) is 19.4 Å². The molecule has 32 heavy (non-hydrogen) atoms. The van der Waals surface area contributed by atoms with Gasteiger partial charge in [-0.25, -0.2) is 0 Å². The molecule has 0 spiro atoms. The number of benzene rings is 2. The van der Waals surface area contributed by atoms with Gasteiger partial charge in [0.1, 0.15) is 0 Å². The fraction of sp³-hybridized carbons (Fsp3) is 0.480. The van der Waals surface area contributed by atoms with Crippen molar-refractivity contribution >= 4 is 5.96 Å². The van der Waals surface area contributed by atoms with Crippen LogP contribution < -0.4 is 20.5 Å². The Hall–Kier alpha value is -2.77. The second kappa shape index (κ2) is 12.9. The predicted molar refractivity (Wildman–Crippen MR) is 131 cm³/mol. The number of nitrogens with zero attached hydrogens (tertiary/aromatic N) is 3. The molecule has 0 atom stereocenters. The van der Waals surface area contributed by atoms with Crippen molar-refractivity contribution in [3.63, 3.8) is 0 Å². The van der Waals surface area contributed by atoms with Crippen LogP contribution in [0.1, 0.15) is 17.5 Å². The van der Waals surface area contributed by atoms with Crippen LogP contribution in [0.5, 0.6) is 11.5 Å². The van der Waals surface area contributed by atoms with E-state index in [1.54, 1.807) is 14.2 Å². The van der Waals surface area contributed by atoms with Gasteiger partial charge in [0, 0.05) is 52.4 Å². The number of nitrogens with one attached hydrogen (secondary N) is 1. The van der Waals surface area contributed by atoms with E-state index in [4.69, 9.17) is 15.2 Å². The van der Waals surface area contributed by atoms with E-state index in [1.165, 1.54) is 5.56 Å². The van der Waals surface area contributed by atoms with Crippen LogP contribution in [0.3, 0.4) is 0 Å². The first-order valence-electron chi connectivity index (χ1n) is 11.4. The molecule has 1 saturated heterocycles. The lowest BCUT2D eigenvalue weighted by Crippen LogP contribution is -2.46. The van der Waals surface area contributed by atoms with Gasteiger partial charge in [-0.15, -0.1) is 0 Å². The van der Waals surface area contributed by atoms with E-state index in [9.17, 15) is 0 Å². The summed E-state index contributed by atoms with van der Waals surface area (Å²) >= 11 is 0. The van der Waals surface area contributed by atoms with Crippen molar-refractivity contribution in [3.05, 3.63) is 59.7 Å². The van der Waals surface area contributed by atoms with E-state index in [-0.39, 0.29) is 0 Å². The summed E-state index contributed by atoms with van der Waals surface area (Å²) in [5, 5.41) is 3.20. The molecule has 0 bridgehead atoms. The second-order valence-electron chi connectivity index (χ2n) is 8.09. The molecule has 174 valence electrons. The third-order valence-corrected chi connectivity index (χ3v) is 5.80. The molecule has 2 aromatic carbocycles. The quantitative estimate of drug-likeness (QED) is 0.318. The summed E-state index contributed by atoms with van der Waals surface area (Å²) in [6.45, 7) is 8.08. The van der Waals surface area contributed by atoms with E-state index in [2.05, 4.69) is 50.4 Å². The Morgan fingerprint density at radius 1 is 0.938 bits per heavy atom. The topological polar surface area (TPSA) is 75.4 Å².